The second-order valence-corrected chi connectivity index (χ2v) is 5.61. The van der Waals surface area contributed by atoms with Crippen LogP contribution in [-0.2, 0) is 0 Å². The van der Waals surface area contributed by atoms with Gasteiger partial charge in [0, 0.05) is 4.47 Å². The van der Waals surface area contributed by atoms with Gasteiger partial charge in [-0.05, 0) is 61.5 Å². The van der Waals surface area contributed by atoms with Crippen LogP contribution in [0.15, 0.2) is 22.7 Å². The predicted octanol–water partition coefficient (Wildman–Crippen LogP) is 3.56. The molecule has 0 spiro atoms. The Hall–Kier alpha value is -0.540. The van der Waals surface area contributed by atoms with Crippen LogP contribution in [0.25, 0.3) is 0 Å². The van der Waals surface area contributed by atoms with Crippen LogP contribution in [-0.4, -0.2) is 20.2 Å². The smallest absolute Gasteiger partial charge is 0.122 e. The lowest BCUT2D eigenvalue weighted by molar-refractivity contribution is 0.409. The average molecular weight is 298 g/mol. The van der Waals surface area contributed by atoms with Crippen LogP contribution in [0.3, 0.4) is 0 Å². The lowest BCUT2D eigenvalue weighted by Gasteiger charge is -2.09. The molecule has 0 aromatic heterocycles. The molecule has 0 aliphatic heterocycles. The third kappa shape index (κ3) is 3.23. The standard InChI is InChI=1S/C14H20BrNO/c1-3-6-16-9-10-7-12(10)13-8-11(15)4-5-14(13)17-2/h4-5,8,10,12,16H,3,6-7,9H2,1-2H3. The molecule has 1 aromatic carbocycles. The highest BCUT2D eigenvalue weighted by Crippen LogP contribution is 2.50. The number of benzene rings is 1. The largest absolute Gasteiger partial charge is 0.496 e. The first-order valence-electron chi connectivity index (χ1n) is 6.30. The number of ether oxygens (including phenoxy) is 1. The molecule has 2 nitrogen and oxygen atoms in total. The first-order valence-corrected chi connectivity index (χ1v) is 7.09. The number of hydrogen-bond donors (Lipinski definition) is 1. The van der Waals surface area contributed by atoms with E-state index in [2.05, 4.69) is 34.2 Å². The molecular weight excluding hydrogens is 278 g/mol. The van der Waals surface area contributed by atoms with E-state index in [-0.39, 0.29) is 0 Å². The Balaban J connectivity index is 1.97. The fourth-order valence-electron chi connectivity index (χ4n) is 2.31. The van der Waals surface area contributed by atoms with E-state index in [9.17, 15) is 0 Å². The molecule has 1 N–H and O–H groups in total. The molecule has 2 atom stereocenters. The van der Waals surface area contributed by atoms with E-state index >= 15 is 0 Å². The minimum Gasteiger partial charge on any atom is -0.496 e. The van der Waals surface area contributed by atoms with Crippen molar-refractivity contribution in [1.82, 2.24) is 5.32 Å². The lowest BCUT2D eigenvalue weighted by Crippen LogP contribution is -2.17. The predicted molar refractivity (Wildman–Crippen MR) is 74.7 cm³/mol. The molecule has 0 bridgehead atoms. The van der Waals surface area contributed by atoms with Gasteiger partial charge in [-0.1, -0.05) is 22.9 Å². The van der Waals surface area contributed by atoms with Crippen molar-refractivity contribution in [2.24, 2.45) is 5.92 Å². The monoisotopic (exact) mass is 297 g/mol. The van der Waals surface area contributed by atoms with Gasteiger partial charge in [0.25, 0.3) is 0 Å². The van der Waals surface area contributed by atoms with Crippen LogP contribution >= 0.6 is 15.9 Å². The molecule has 0 amide bonds. The van der Waals surface area contributed by atoms with Crippen molar-refractivity contribution < 1.29 is 4.74 Å². The van der Waals surface area contributed by atoms with Gasteiger partial charge < -0.3 is 10.1 Å². The Morgan fingerprint density at radius 2 is 2.29 bits per heavy atom. The number of nitrogens with one attached hydrogen (secondary N) is 1. The summed E-state index contributed by atoms with van der Waals surface area (Å²) in [7, 11) is 1.75. The summed E-state index contributed by atoms with van der Waals surface area (Å²) in [4.78, 5) is 0. The Morgan fingerprint density at radius 3 is 3.00 bits per heavy atom. The van der Waals surface area contributed by atoms with Gasteiger partial charge in [0.15, 0.2) is 0 Å². The Bertz CT molecular complexity index is 380. The van der Waals surface area contributed by atoms with Gasteiger partial charge in [-0.2, -0.15) is 0 Å². The summed E-state index contributed by atoms with van der Waals surface area (Å²) in [5.41, 5.74) is 1.35. The Morgan fingerprint density at radius 1 is 1.47 bits per heavy atom. The van der Waals surface area contributed by atoms with Gasteiger partial charge >= 0.3 is 0 Å². The number of hydrogen-bond acceptors (Lipinski definition) is 2. The van der Waals surface area contributed by atoms with Crippen molar-refractivity contribution in [3.05, 3.63) is 28.2 Å². The van der Waals surface area contributed by atoms with Gasteiger partial charge in [0.2, 0.25) is 0 Å². The maximum absolute atomic E-state index is 5.43. The van der Waals surface area contributed by atoms with E-state index in [1.54, 1.807) is 7.11 Å². The highest BCUT2D eigenvalue weighted by molar-refractivity contribution is 9.10. The van der Waals surface area contributed by atoms with Crippen molar-refractivity contribution in [3.8, 4) is 5.75 Å². The van der Waals surface area contributed by atoms with Crippen molar-refractivity contribution in [1.29, 1.82) is 0 Å². The first-order chi connectivity index (χ1) is 8.26. The summed E-state index contributed by atoms with van der Waals surface area (Å²) in [6.45, 7) is 4.46. The molecule has 2 unspecified atom stereocenters. The fraction of sp³-hybridized carbons (Fsp3) is 0.571. The van der Waals surface area contributed by atoms with Crippen LogP contribution in [0, 0.1) is 5.92 Å². The maximum Gasteiger partial charge on any atom is 0.122 e. The molecule has 0 heterocycles. The normalized spacial score (nSPS) is 22.5. The zero-order chi connectivity index (χ0) is 12.3. The number of methoxy groups -OCH3 is 1. The Kier molecular flexibility index (Phi) is 4.46. The Labute approximate surface area is 112 Å². The van der Waals surface area contributed by atoms with E-state index in [0.29, 0.717) is 5.92 Å². The van der Waals surface area contributed by atoms with Gasteiger partial charge in [0.05, 0.1) is 7.11 Å². The fourth-order valence-corrected chi connectivity index (χ4v) is 2.69. The number of halogens is 1. The van der Waals surface area contributed by atoms with E-state index in [1.165, 1.54) is 18.4 Å². The minimum absolute atomic E-state index is 0.673. The molecular formula is C14H20BrNO. The van der Waals surface area contributed by atoms with Crippen molar-refractivity contribution in [3.63, 3.8) is 0 Å². The molecule has 0 saturated heterocycles. The topological polar surface area (TPSA) is 21.3 Å². The number of rotatable bonds is 6. The molecule has 94 valence electrons. The van der Waals surface area contributed by atoms with E-state index in [1.807, 2.05) is 12.1 Å². The quantitative estimate of drug-likeness (QED) is 0.811. The molecule has 1 aliphatic carbocycles. The van der Waals surface area contributed by atoms with Crippen LogP contribution in [0.2, 0.25) is 0 Å². The third-order valence-electron chi connectivity index (χ3n) is 3.35. The van der Waals surface area contributed by atoms with Crippen LogP contribution in [0.4, 0.5) is 0 Å². The van der Waals surface area contributed by atoms with Gasteiger partial charge in [0.1, 0.15) is 5.75 Å². The second kappa shape index (κ2) is 5.87. The van der Waals surface area contributed by atoms with Gasteiger partial charge in [-0.3, -0.25) is 0 Å². The van der Waals surface area contributed by atoms with Crippen molar-refractivity contribution in [2.75, 3.05) is 20.2 Å². The highest BCUT2D eigenvalue weighted by Gasteiger charge is 2.39. The van der Waals surface area contributed by atoms with Crippen LogP contribution in [0.1, 0.15) is 31.2 Å². The average Bonchev–Trinajstić information content (AvgIpc) is 3.09. The van der Waals surface area contributed by atoms with E-state index in [4.69, 9.17) is 4.74 Å². The SMILES string of the molecule is CCCNCC1CC1c1cc(Br)ccc1OC. The van der Waals surface area contributed by atoms with E-state index < -0.39 is 0 Å². The highest BCUT2D eigenvalue weighted by atomic mass is 79.9. The summed E-state index contributed by atoms with van der Waals surface area (Å²) in [6, 6.07) is 6.28. The second-order valence-electron chi connectivity index (χ2n) is 4.69. The summed E-state index contributed by atoms with van der Waals surface area (Å²) >= 11 is 3.53. The van der Waals surface area contributed by atoms with E-state index in [0.717, 1.165) is 29.2 Å². The van der Waals surface area contributed by atoms with Crippen LogP contribution < -0.4 is 10.1 Å². The molecule has 1 aliphatic rings. The van der Waals surface area contributed by atoms with Crippen molar-refractivity contribution >= 4 is 15.9 Å². The van der Waals surface area contributed by atoms with Crippen molar-refractivity contribution in [2.45, 2.75) is 25.7 Å². The van der Waals surface area contributed by atoms with Crippen LogP contribution in [0.5, 0.6) is 5.75 Å². The third-order valence-corrected chi connectivity index (χ3v) is 3.84. The molecule has 1 aromatic rings. The minimum atomic E-state index is 0.673. The summed E-state index contributed by atoms with van der Waals surface area (Å²) in [5.74, 6) is 2.48. The molecule has 1 fully saturated rings. The molecule has 3 heteroatoms. The summed E-state index contributed by atoms with van der Waals surface area (Å²) in [6.07, 6.45) is 2.49. The lowest BCUT2D eigenvalue weighted by atomic mass is 10.1. The molecule has 0 radical (unpaired) electrons. The molecule has 1 saturated carbocycles. The maximum atomic E-state index is 5.43. The summed E-state index contributed by atoms with van der Waals surface area (Å²) in [5, 5.41) is 3.50. The molecule has 17 heavy (non-hydrogen) atoms. The zero-order valence-corrected chi connectivity index (χ0v) is 12.1. The summed E-state index contributed by atoms with van der Waals surface area (Å²) < 4.78 is 6.57. The zero-order valence-electron chi connectivity index (χ0n) is 10.5. The first kappa shape index (κ1) is 12.9. The van der Waals surface area contributed by atoms with Gasteiger partial charge in [-0.25, -0.2) is 0 Å². The molecule has 2 rings (SSSR count). The van der Waals surface area contributed by atoms with Gasteiger partial charge in [-0.15, -0.1) is 0 Å².